The smallest absolute Gasteiger partial charge is 0.306 e. The minimum Gasteiger partial charge on any atom is -0.462 e. The lowest BCUT2D eigenvalue weighted by Crippen LogP contribution is -2.30. The molecule has 0 aromatic rings. The summed E-state index contributed by atoms with van der Waals surface area (Å²) in [5.74, 6) is -1.14. The van der Waals surface area contributed by atoms with Gasteiger partial charge in [0.2, 0.25) is 0 Å². The molecule has 0 rings (SSSR count). The maximum absolute atomic E-state index is 12.8. The highest BCUT2D eigenvalue weighted by atomic mass is 16.6. The van der Waals surface area contributed by atoms with E-state index >= 15 is 0 Å². The lowest BCUT2D eigenvalue weighted by Gasteiger charge is -2.18. The van der Waals surface area contributed by atoms with E-state index < -0.39 is 18.0 Å². The number of allylic oxidation sites excluding steroid dienone is 32. The second-order valence-corrected chi connectivity index (χ2v) is 15.5. The molecule has 1 unspecified atom stereocenters. The number of rotatable bonds is 41. The van der Waals surface area contributed by atoms with Gasteiger partial charge >= 0.3 is 17.9 Å². The summed E-state index contributed by atoms with van der Waals surface area (Å²) in [5, 5.41) is 0. The van der Waals surface area contributed by atoms with Crippen molar-refractivity contribution in [3.05, 3.63) is 194 Å². The van der Waals surface area contributed by atoms with E-state index in [9.17, 15) is 14.4 Å². The maximum atomic E-state index is 12.8. The van der Waals surface area contributed by atoms with Crippen molar-refractivity contribution in [3.63, 3.8) is 0 Å². The summed E-state index contributed by atoms with van der Waals surface area (Å²) in [6, 6.07) is 0. The van der Waals surface area contributed by atoms with Crippen LogP contribution < -0.4 is 0 Å². The van der Waals surface area contributed by atoms with Gasteiger partial charge in [-0.1, -0.05) is 228 Å². The molecule has 0 spiro atoms. The second kappa shape index (κ2) is 52.9. The Labute approximate surface area is 407 Å². The molecule has 0 bridgehead atoms. The molecule has 0 N–H and O–H groups in total. The van der Waals surface area contributed by atoms with Gasteiger partial charge in [0.15, 0.2) is 6.10 Å². The molecule has 6 nitrogen and oxygen atoms in total. The Kier molecular flexibility index (Phi) is 48.3. The third-order valence-electron chi connectivity index (χ3n) is 9.34. The molecule has 0 heterocycles. The van der Waals surface area contributed by atoms with E-state index in [2.05, 4.69) is 106 Å². The first kappa shape index (κ1) is 61.2. The predicted octanol–water partition coefficient (Wildman–Crippen LogP) is 16.7. The van der Waals surface area contributed by atoms with E-state index in [0.29, 0.717) is 19.3 Å². The molecular formula is C61H86O6. The highest BCUT2D eigenvalue weighted by molar-refractivity contribution is 5.71. The number of carbonyl (C=O) groups excluding carboxylic acids is 3. The highest BCUT2D eigenvalue weighted by Crippen LogP contribution is 2.10. The van der Waals surface area contributed by atoms with Gasteiger partial charge in [-0.25, -0.2) is 0 Å². The molecule has 0 aromatic carbocycles. The zero-order valence-electron chi connectivity index (χ0n) is 41.6. The third-order valence-corrected chi connectivity index (χ3v) is 9.34. The first-order valence-corrected chi connectivity index (χ1v) is 25.1. The first-order chi connectivity index (χ1) is 33.0. The molecule has 0 saturated carbocycles. The molecule has 0 aliphatic carbocycles. The summed E-state index contributed by atoms with van der Waals surface area (Å²) in [6.07, 6.45) is 81.4. The average molecular weight is 915 g/mol. The minimum absolute atomic E-state index is 0.153. The predicted molar refractivity (Wildman–Crippen MR) is 287 cm³/mol. The van der Waals surface area contributed by atoms with Crippen LogP contribution in [0, 0.1) is 0 Å². The van der Waals surface area contributed by atoms with Gasteiger partial charge in [0.25, 0.3) is 0 Å². The molecule has 67 heavy (non-hydrogen) atoms. The molecule has 6 heteroatoms. The zero-order chi connectivity index (χ0) is 48.6. The molecule has 0 aliphatic rings. The van der Waals surface area contributed by atoms with Crippen molar-refractivity contribution in [1.82, 2.24) is 0 Å². The molecule has 0 amide bonds. The van der Waals surface area contributed by atoms with Crippen LogP contribution in [-0.4, -0.2) is 37.2 Å². The van der Waals surface area contributed by atoms with E-state index in [-0.39, 0.29) is 38.4 Å². The lowest BCUT2D eigenvalue weighted by atomic mass is 10.1. The molecule has 366 valence electrons. The lowest BCUT2D eigenvalue weighted by molar-refractivity contribution is -0.166. The number of hydrogen-bond donors (Lipinski definition) is 0. The van der Waals surface area contributed by atoms with Crippen LogP contribution in [0.2, 0.25) is 0 Å². The van der Waals surface area contributed by atoms with E-state index in [4.69, 9.17) is 14.2 Å². The summed E-state index contributed by atoms with van der Waals surface area (Å²) in [5.41, 5.74) is 0. The Morgan fingerprint density at radius 2 is 0.642 bits per heavy atom. The largest absolute Gasteiger partial charge is 0.462 e. The van der Waals surface area contributed by atoms with E-state index in [1.807, 2.05) is 109 Å². The Hall–Kier alpha value is -5.75. The first-order valence-electron chi connectivity index (χ1n) is 25.1. The summed E-state index contributed by atoms with van der Waals surface area (Å²) >= 11 is 0. The second-order valence-electron chi connectivity index (χ2n) is 15.5. The van der Waals surface area contributed by atoms with Gasteiger partial charge in [-0.2, -0.15) is 0 Å². The summed E-state index contributed by atoms with van der Waals surface area (Å²) in [4.78, 5) is 37.9. The quantitative estimate of drug-likeness (QED) is 0.0200. The normalized spacial score (nSPS) is 13.8. The molecule has 0 saturated heterocycles. The molecule has 0 aliphatic heterocycles. The molecular weight excluding hydrogens is 829 g/mol. The van der Waals surface area contributed by atoms with Crippen LogP contribution in [-0.2, 0) is 28.6 Å². The Balaban J connectivity index is 4.71. The third kappa shape index (κ3) is 51.1. The average Bonchev–Trinajstić information content (AvgIpc) is 3.33. The number of unbranched alkanes of at least 4 members (excludes halogenated alkanes) is 6. The minimum atomic E-state index is -0.861. The van der Waals surface area contributed by atoms with E-state index in [1.54, 1.807) is 0 Å². The number of ether oxygens (including phenoxy) is 3. The van der Waals surface area contributed by atoms with Crippen molar-refractivity contribution < 1.29 is 28.6 Å². The maximum Gasteiger partial charge on any atom is 0.306 e. The molecule has 0 radical (unpaired) electrons. The van der Waals surface area contributed by atoms with Crippen LogP contribution in [0.25, 0.3) is 0 Å². The zero-order valence-corrected chi connectivity index (χ0v) is 41.6. The fraction of sp³-hybridized carbons (Fsp3) is 0.426. The van der Waals surface area contributed by atoms with Gasteiger partial charge in [-0.3, -0.25) is 14.4 Å². The van der Waals surface area contributed by atoms with Gasteiger partial charge in [-0.05, 0) is 96.3 Å². The molecule has 1 atom stereocenters. The van der Waals surface area contributed by atoms with Crippen LogP contribution in [0.5, 0.6) is 0 Å². The van der Waals surface area contributed by atoms with Crippen molar-refractivity contribution >= 4 is 17.9 Å². The van der Waals surface area contributed by atoms with Gasteiger partial charge in [-0.15, -0.1) is 0 Å². The highest BCUT2D eigenvalue weighted by Gasteiger charge is 2.19. The van der Waals surface area contributed by atoms with Crippen molar-refractivity contribution in [2.24, 2.45) is 0 Å². The van der Waals surface area contributed by atoms with Crippen LogP contribution in [0.4, 0.5) is 0 Å². The van der Waals surface area contributed by atoms with E-state index in [1.165, 1.54) is 0 Å². The van der Waals surface area contributed by atoms with Crippen molar-refractivity contribution in [2.45, 2.75) is 155 Å². The fourth-order valence-corrected chi connectivity index (χ4v) is 5.68. The molecule has 0 fully saturated rings. The van der Waals surface area contributed by atoms with Crippen LogP contribution in [0.1, 0.15) is 149 Å². The van der Waals surface area contributed by atoms with Gasteiger partial charge in [0, 0.05) is 19.3 Å². The monoisotopic (exact) mass is 915 g/mol. The van der Waals surface area contributed by atoms with Crippen molar-refractivity contribution in [3.8, 4) is 0 Å². The SMILES string of the molecule is CC/C=C/C=C/C=C/C=C/C=C/C=C/CCCCCC(=O)OC(COC(=O)CC/C=C/C/C=C/C/C=C/C/C=C/C/C=C/C/C=C/CC)COC(=O)CCCCC/C=C/C=C/C=C/C=C/CC. The Morgan fingerprint density at radius 1 is 0.313 bits per heavy atom. The summed E-state index contributed by atoms with van der Waals surface area (Å²) < 4.78 is 16.6. The van der Waals surface area contributed by atoms with Crippen LogP contribution >= 0.6 is 0 Å². The summed E-state index contributed by atoms with van der Waals surface area (Å²) in [7, 11) is 0. The fourth-order valence-electron chi connectivity index (χ4n) is 5.68. The number of carbonyl (C=O) groups is 3. The van der Waals surface area contributed by atoms with Crippen molar-refractivity contribution in [1.29, 1.82) is 0 Å². The summed E-state index contributed by atoms with van der Waals surface area (Å²) in [6.45, 7) is 6.05. The van der Waals surface area contributed by atoms with Gasteiger partial charge in [0.05, 0.1) is 0 Å². The number of esters is 3. The Bertz CT molecular complexity index is 1710. The van der Waals surface area contributed by atoms with Crippen LogP contribution in [0.3, 0.4) is 0 Å². The van der Waals surface area contributed by atoms with Gasteiger partial charge < -0.3 is 14.2 Å². The Morgan fingerprint density at radius 3 is 1.04 bits per heavy atom. The standard InChI is InChI=1S/C61H86O6/c1-4-7-10-13-16-19-22-25-27-29-30-32-33-36-39-42-45-48-51-54-60(63)66-57-58(56-65-59(62)53-50-47-44-41-38-35-24-21-18-15-12-9-6-3)67-61(64)55-52-49-46-43-40-37-34-31-28-26-23-20-17-14-11-8-5-2/h7-12,14-21,23-28,30-32,34-40,45,48,58H,4-6,13,22,29,33,41-44,46-47,49-57H2,1-3H3/b10-7+,11-8+,12-9+,17-14+,18-15+,19-16+,23-20+,24-21+,27-25+,28-26+,32-30+,34-31+,38-35+,39-36+,40-37+,48-45+. The van der Waals surface area contributed by atoms with Crippen molar-refractivity contribution in [2.75, 3.05) is 13.2 Å². The van der Waals surface area contributed by atoms with Crippen LogP contribution in [0.15, 0.2) is 194 Å². The number of hydrogen-bond acceptors (Lipinski definition) is 6. The van der Waals surface area contributed by atoms with E-state index in [0.717, 1.165) is 89.9 Å². The van der Waals surface area contributed by atoms with Gasteiger partial charge in [0.1, 0.15) is 13.2 Å². The molecule has 0 aromatic heterocycles. The topological polar surface area (TPSA) is 78.9 Å².